The summed E-state index contributed by atoms with van der Waals surface area (Å²) in [6.45, 7) is 1.78. The van der Waals surface area contributed by atoms with Gasteiger partial charge in [-0.25, -0.2) is 8.42 Å². The van der Waals surface area contributed by atoms with Gasteiger partial charge in [-0.15, -0.1) is 0 Å². The first kappa shape index (κ1) is 29.3. The molecule has 1 N–H and O–H groups in total. The number of hydrogen-bond acceptors (Lipinski definition) is 4. The van der Waals surface area contributed by atoms with Crippen LogP contribution in [0.15, 0.2) is 102 Å². The first-order valence-corrected chi connectivity index (χ1v) is 14.8. The quantitative estimate of drug-likeness (QED) is 0.275. The molecule has 0 saturated heterocycles. The second-order valence-electron chi connectivity index (χ2n) is 9.48. The number of carbonyl (C=O) groups excluding carboxylic acids is 2. The highest BCUT2D eigenvalue weighted by Gasteiger charge is 2.33. The topological polar surface area (TPSA) is 86.8 Å². The monoisotopic (exact) mass is 577 g/mol. The van der Waals surface area contributed by atoms with Gasteiger partial charge >= 0.3 is 0 Å². The van der Waals surface area contributed by atoms with Crippen LogP contribution in [-0.4, -0.2) is 55.6 Å². The normalized spacial score (nSPS) is 12.3. The van der Waals surface area contributed by atoms with Gasteiger partial charge in [0, 0.05) is 31.6 Å². The molecule has 0 aromatic heterocycles. The standard InChI is InChI=1S/C31H32ClN3O4S/c1-3-33-31(37)29(19-23-11-5-4-6-12-23)35(21-26-15-9-10-16-28(26)32)30(36)22-34(2)40(38,39)27-18-17-24-13-7-8-14-25(24)20-27/h4-18,20,29H,3,19,21-22H2,1-2H3,(H,33,37). The minimum atomic E-state index is -4.00. The molecular formula is C31H32ClN3O4S. The molecule has 4 rings (SSSR count). The van der Waals surface area contributed by atoms with Gasteiger partial charge < -0.3 is 10.2 Å². The van der Waals surface area contributed by atoms with Crippen LogP contribution in [0.1, 0.15) is 18.1 Å². The third-order valence-corrected chi connectivity index (χ3v) is 8.88. The van der Waals surface area contributed by atoms with E-state index < -0.39 is 28.5 Å². The Kier molecular flexibility index (Phi) is 9.58. The zero-order chi connectivity index (χ0) is 28.7. The van der Waals surface area contributed by atoms with E-state index in [1.54, 1.807) is 36.4 Å². The van der Waals surface area contributed by atoms with Gasteiger partial charge in [0.15, 0.2) is 0 Å². The van der Waals surface area contributed by atoms with Crippen molar-refractivity contribution in [1.82, 2.24) is 14.5 Å². The second-order valence-corrected chi connectivity index (χ2v) is 11.9. The van der Waals surface area contributed by atoms with Crippen molar-refractivity contribution in [3.05, 3.63) is 113 Å². The number of amides is 2. The Hall–Kier alpha value is -3.72. The van der Waals surface area contributed by atoms with Crippen molar-refractivity contribution in [2.24, 2.45) is 0 Å². The van der Waals surface area contributed by atoms with Crippen molar-refractivity contribution in [3.63, 3.8) is 0 Å². The van der Waals surface area contributed by atoms with Crippen LogP contribution in [0.4, 0.5) is 0 Å². The second kappa shape index (κ2) is 13.1. The number of sulfonamides is 1. The zero-order valence-corrected chi connectivity index (χ0v) is 24.0. The minimum absolute atomic E-state index is 0.0387. The first-order valence-electron chi connectivity index (χ1n) is 13.0. The Morgan fingerprint density at radius 1 is 0.875 bits per heavy atom. The highest BCUT2D eigenvalue weighted by Crippen LogP contribution is 2.23. The van der Waals surface area contributed by atoms with E-state index in [9.17, 15) is 18.0 Å². The molecule has 2 amide bonds. The van der Waals surface area contributed by atoms with Gasteiger partial charge in [-0.3, -0.25) is 9.59 Å². The average Bonchev–Trinajstić information content (AvgIpc) is 2.96. The van der Waals surface area contributed by atoms with E-state index in [0.717, 1.165) is 20.6 Å². The van der Waals surface area contributed by atoms with E-state index in [4.69, 9.17) is 11.6 Å². The average molecular weight is 578 g/mol. The van der Waals surface area contributed by atoms with E-state index in [2.05, 4.69) is 5.32 Å². The molecule has 1 atom stereocenters. The Bertz CT molecular complexity index is 1590. The SMILES string of the molecule is CCNC(=O)C(Cc1ccccc1)N(Cc1ccccc1Cl)C(=O)CN(C)S(=O)(=O)c1ccc2ccccc2c1. The third kappa shape index (κ3) is 6.88. The number of rotatable bonds is 11. The fourth-order valence-electron chi connectivity index (χ4n) is 4.53. The molecule has 0 aliphatic heterocycles. The van der Waals surface area contributed by atoms with Crippen LogP contribution in [0.2, 0.25) is 5.02 Å². The number of hydrogen-bond donors (Lipinski definition) is 1. The summed E-state index contributed by atoms with van der Waals surface area (Å²) in [5.74, 6) is -0.842. The molecule has 0 spiro atoms. The molecule has 0 fully saturated rings. The minimum Gasteiger partial charge on any atom is -0.355 e. The van der Waals surface area contributed by atoms with Crippen molar-refractivity contribution in [3.8, 4) is 0 Å². The van der Waals surface area contributed by atoms with E-state index in [1.165, 1.54) is 18.0 Å². The Labute approximate surface area is 240 Å². The lowest BCUT2D eigenvalue weighted by Gasteiger charge is -2.32. The van der Waals surface area contributed by atoms with Crippen molar-refractivity contribution in [2.75, 3.05) is 20.1 Å². The van der Waals surface area contributed by atoms with Crippen molar-refractivity contribution < 1.29 is 18.0 Å². The van der Waals surface area contributed by atoms with Gasteiger partial charge in [-0.1, -0.05) is 90.5 Å². The Morgan fingerprint density at radius 3 is 2.23 bits per heavy atom. The smallest absolute Gasteiger partial charge is 0.243 e. The van der Waals surface area contributed by atoms with E-state index >= 15 is 0 Å². The number of halogens is 1. The molecular weight excluding hydrogens is 546 g/mol. The van der Waals surface area contributed by atoms with Crippen LogP contribution in [-0.2, 0) is 32.6 Å². The number of carbonyl (C=O) groups is 2. The number of nitrogens with one attached hydrogen (secondary N) is 1. The zero-order valence-electron chi connectivity index (χ0n) is 22.5. The van der Waals surface area contributed by atoms with Crippen LogP contribution in [0.25, 0.3) is 10.8 Å². The van der Waals surface area contributed by atoms with E-state index in [-0.39, 0.29) is 23.8 Å². The van der Waals surface area contributed by atoms with Gasteiger partial charge in [-0.05, 0) is 47.0 Å². The predicted molar refractivity (Wildman–Crippen MR) is 158 cm³/mol. The van der Waals surface area contributed by atoms with E-state index in [1.807, 2.05) is 61.5 Å². The summed E-state index contributed by atoms with van der Waals surface area (Å²) in [7, 11) is -2.63. The summed E-state index contributed by atoms with van der Waals surface area (Å²) in [5.41, 5.74) is 1.52. The van der Waals surface area contributed by atoms with Gasteiger partial charge in [0.1, 0.15) is 6.04 Å². The molecule has 9 heteroatoms. The first-order chi connectivity index (χ1) is 19.2. The molecule has 7 nitrogen and oxygen atoms in total. The lowest BCUT2D eigenvalue weighted by Crippen LogP contribution is -2.53. The largest absolute Gasteiger partial charge is 0.355 e. The van der Waals surface area contributed by atoms with Crippen LogP contribution >= 0.6 is 11.6 Å². The molecule has 0 radical (unpaired) electrons. The summed E-state index contributed by atoms with van der Waals surface area (Å²) < 4.78 is 28.0. The predicted octanol–water partition coefficient (Wildman–Crippen LogP) is 4.89. The van der Waals surface area contributed by atoms with Crippen LogP contribution in [0.5, 0.6) is 0 Å². The van der Waals surface area contributed by atoms with Crippen molar-refractivity contribution in [2.45, 2.75) is 30.8 Å². The number of fused-ring (bicyclic) bond motifs is 1. The lowest BCUT2D eigenvalue weighted by molar-refractivity contribution is -0.141. The van der Waals surface area contributed by atoms with Crippen molar-refractivity contribution in [1.29, 1.82) is 0 Å². The van der Waals surface area contributed by atoms with Gasteiger partial charge in [-0.2, -0.15) is 4.31 Å². The van der Waals surface area contributed by atoms with Crippen LogP contribution in [0, 0.1) is 0 Å². The number of benzene rings is 4. The lowest BCUT2D eigenvalue weighted by atomic mass is 10.0. The van der Waals surface area contributed by atoms with E-state index in [0.29, 0.717) is 17.1 Å². The highest BCUT2D eigenvalue weighted by molar-refractivity contribution is 7.89. The molecule has 1 unspecified atom stereocenters. The maximum absolute atomic E-state index is 13.9. The summed E-state index contributed by atoms with van der Waals surface area (Å²) in [4.78, 5) is 28.7. The fraction of sp³-hybridized carbons (Fsp3) is 0.226. The fourth-order valence-corrected chi connectivity index (χ4v) is 5.88. The molecule has 4 aromatic carbocycles. The molecule has 0 bridgehead atoms. The van der Waals surface area contributed by atoms with Gasteiger partial charge in [0.25, 0.3) is 0 Å². The maximum atomic E-state index is 13.9. The van der Waals surface area contributed by atoms with Crippen LogP contribution in [0.3, 0.4) is 0 Å². The number of likely N-dealkylation sites (N-methyl/N-ethyl adjacent to an activating group) is 2. The van der Waals surface area contributed by atoms with Gasteiger partial charge in [0.2, 0.25) is 21.8 Å². The Balaban J connectivity index is 1.67. The highest BCUT2D eigenvalue weighted by atomic mass is 35.5. The molecule has 4 aromatic rings. The molecule has 0 heterocycles. The molecule has 40 heavy (non-hydrogen) atoms. The Morgan fingerprint density at radius 2 is 1.52 bits per heavy atom. The summed E-state index contributed by atoms with van der Waals surface area (Å²) >= 11 is 6.44. The molecule has 208 valence electrons. The molecule has 0 aliphatic rings. The third-order valence-electron chi connectivity index (χ3n) is 6.71. The van der Waals surface area contributed by atoms with Crippen LogP contribution < -0.4 is 5.32 Å². The summed E-state index contributed by atoms with van der Waals surface area (Å²) in [6, 6.07) is 27.9. The summed E-state index contributed by atoms with van der Waals surface area (Å²) in [5, 5.41) is 4.98. The molecule has 0 aliphatic carbocycles. The summed E-state index contributed by atoms with van der Waals surface area (Å²) in [6.07, 6.45) is 0.254. The maximum Gasteiger partial charge on any atom is 0.243 e. The molecule has 0 saturated carbocycles. The number of nitrogens with zero attached hydrogens (tertiary/aromatic N) is 2. The van der Waals surface area contributed by atoms with Gasteiger partial charge in [0.05, 0.1) is 11.4 Å². The van der Waals surface area contributed by atoms with Crippen molar-refractivity contribution >= 4 is 44.2 Å².